The lowest BCUT2D eigenvalue weighted by atomic mass is 10.1. The van der Waals surface area contributed by atoms with Crippen molar-refractivity contribution in [2.45, 2.75) is 38.5 Å². The molecule has 1 aromatic carbocycles. The van der Waals surface area contributed by atoms with E-state index in [4.69, 9.17) is 4.74 Å². The van der Waals surface area contributed by atoms with Gasteiger partial charge in [0, 0.05) is 12.6 Å². The fourth-order valence-electron chi connectivity index (χ4n) is 2.18. The molecule has 0 saturated carbocycles. The van der Waals surface area contributed by atoms with Crippen LogP contribution in [0.5, 0.6) is 0 Å². The van der Waals surface area contributed by atoms with Crippen LogP contribution in [0.25, 0.3) is 0 Å². The molecule has 3 unspecified atom stereocenters. The first-order valence-corrected chi connectivity index (χ1v) is 6.69. The number of hydrogen-bond donors (Lipinski definition) is 1. The van der Waals surface area contributed by atoms with Crippen LogP contribution < -0.4 is 5.32 Å². The van der Waals surface area contributed by atoms with E-state index in [0.717, 1.165) is 18.5 Å². The summed E-state index contributed by atoms with van der Waals surface area (Å²) in [5.74, 6) is -0.239. The topological polar surface area (TPSA) is 21.3 Å². The van der Waals surface area contributed by atoms with E-state index in [-0.39, 0.29) is 18.0 Å². The first-order valence-electron chi connectivity index (χ1n) is 5.90. The van der Waals surface area contributed by atoms with Crippen molar-refractivity contribution in [3.63, 3.8) is 0 Å². The van der Waals surface area contributed by atoms with Crippen LogP contribution in [-0.4, -0.2) is 18.7 Å². The molecule has 1 fully saturated rings. The number of halogens is 2. The summed E-state index contributed by atoms with van der Waals surface area (Å²) >= 11 is 3.21. The zero-order chi connectivity index (χ0) is 12.4. The van der Waals surface area contributed by atoms with E-state index in [1.165, 1.54) is 6.07 Å². The summed E-state index contributed by atoms with van der Waals surface area (Å²) in [5.41, 5.74) is 1.01. The Labute approximate surface area is 110 Å². The van der Waals surface area contributed by atoms with Gasteiger partial charge in [0.15, 0.2) is 0 Å². The lowest BCUT2D eigenvalue weighted by Crippen LogP contribution is -2.27. The molecular weight excluding hydrogens is 285 g/mol. The Morgan fingerprint density at radius 2 is 2.18 bits per heavy atom. The van der Waals surface area contributed by atoms with E-state index < -0.39 is 0 Å². The van der Waals surface area contributed by atoms with Crippen molar-refractivity contribution in [3.05, 3.63) is 34.1 Å². The minimum Gasteiger partial charge on any atom is -0.369 e. The van der Waals surface area contributed by atoms with Gasteiger partial charge in [-0.05, 0) is 53.9 Å². The predicted molar refractivity (Wildman–Crippen MR) is 69.5 cm³/mol. The highest BCUT2D eigenvalue weighted by Gasteiger charge is 2.22. The van der Waals surface area contributed by atoms with Crippen LogP contribution in [0.2, 0.25) is 0 Å². The molecule has 2 rings (SSSR count). The SMILES string of the molecule is CC1CC(C)OC(c2ccc(F)c(Br)c2)CN1. The van der Waals surface area contributed by atoms with Gasteiger partial charge in [0.1, 0.15) is 5.82 Å². The Hall–Kier alpha value is -0.450. The fraction of sp³-hybridized carbons (Fsp3) is 0.538. The highest BCUT2D eigenvalue weighted by Crippen LogP contribution is 2.26. The Kier molecular flexibility index (Phi) is 4.17. The van der Waals surface area contributed by atoms with Gasteiger partial charge >= 0.3 is 0 Å². The third-order valence-corrected chi connectivity index (χ3v) is 3.66. The second-order valence-corrected chi connectivity index (χ2v) is 5.51. The molecule has 2 nitrogen and oxygen atoms in total. The van der Waals surface area contributed by atoms with Gasteiger partial charge in [-0.1, -0.05) is 6.07 Å². The lowest BCUT2D eigenvalue weighted by Gasteiger charge is -2.19. The van der Waals surface area contributed by atoms with E-state index in [0.29, 0.717) is 10.5 Å². The number of rotatable bonds is 1. The van der Waals surface area contributed by atoms with E-state index >= 15 is 0 Å². The van der Waals surface area contributed by atoms with Gasteiger partial charge in [0.2, 0.25) is 0 Å². The monoisotopic (exact) mass is 301 g/mol. The van der Waals surface area contributed by atoms with Crippen LogP contribution in [0.4, 0.5) is 4.39 Å². The highest BCUT2D eigenvalue weighted by atomic mass is 79.9. The molecule has 1 aromatic rings. The van der Waals surface area contributed by atoms with E-state index in [1.807, 2.05) is 0 Å². The minimum atomic E-state index is -0.239. The molecule has 17 heavy (non-hydrogen) atoms. The smallest absolute Gasteiger partial charge is 0.137 e. The van der Waals surface area contributed by atoms with Crippen molar-refractivity contribution >= 4 is 15.9 Å². The van der Waals surface area contributed by atoms with Crippen molar-refractivity contribution in [1.29, 1.82) is 0 Å². The molecule has 0 radical (unpaired) electrons. The summed E-state index contributed by atoms with van der Waals surface area (Å²) in [6.45, 7) is 5.00. The number of nitrogens with one attached hydrogen (secondary N) is 1. The molecule has 0 spiro atoms. The average molecular weight is 302 g/mol. The normalized spacial score (nSPS) is 30.0. The van der Waals surface area contributed by atoms with E-state index in [1.54, 1.807) is 12.1 Å². The van der Waals surface area contributed by atoms with Gasteiger partial charge in [-0.3, -0.25) is 0 Å². The van der Waals surface area contributed by atoms with Crippen LogP contribution in [0.15, 0.2) is 22.7 Å². The maximum atomic E-state index is 13.2. The minimum absolute atomic E-state index is 0.00755. The van der Waals surface area contributed by atoms with Gasteiger partial charge in [-0.25, -0.2) is 4.39 Å². The summed E-state index contributed by atoms with van der Waals surface area (Å²) in [6.07, 6.45) is 1.21. The summed E-state index contributed by atoms with van der Waals surface area (Å²) < 4.78 is 19.6. The molecule has 0 bridgehead atoms. The lowest BCUT2D eigenvalue weighted by molar-refractivity contribution is 0.00712. The van der Waals surface area contributed by atoms with Crippen molar-refractivity contribution < 1.29 is 9.13 Å². The Morgan fingerprint density at radius 3 is 2.88 bits per heavy atom. The van der Waals surface area contributed by atoms with Gasteiger partial charge in [-0.15, -0.1) is 0 Å². The molecule has 1 aliphatic heterocycles. The first-order chi connectivity index (χ1) is 8.06. The standard InChI is InChI=1S/C13H17BrFNO/c1-8-5-9(2)17-13(7-16-8)10-3-4-12(15)11(14)6-10/h3-4,6,8-9,13,16H,5,7H2,1-2H3. The van der Waals surface area contributed by atoms with Gasteiger partial charge in [-0.2, -0.15) is 0 Å². The summed E-state index contributed by atoms with van der Waals surface area (Å²) in [6, 6.07) is 5.51. The maximum absolute atomic E-state index is 13.2. The van der Waals surface area contributed by atoms with Gasteiger partial charge in [0.05, 0.1) is 16.7 Å². The maximum Gasteiger partial charge on any atom is 0.137 e. The number of ether oxygens (including phenoxy) is 1. The van der Waals surface area contributed by atoms with Crippen LogP contribution in [0, 0.1) is 5.82 Å². The first kappa shape index (κ1) is 13.0. The molecule has 3 atom stereocenters. The molecule has 1 aliphatic rings. The third kappa shape index (κ3) is 3.27. The molecule has 4 heteroatoms. The van der Waals surface area contributed by atoms with Crippen molar-refractivity contribution in [2.24, 2.45) is 0 Å². The number of benzene rings is 1. The van der Waals surface area contributed by atoms with Crippen molar-refractivity contribution in [2.75, 3.05) is 6.54 Å². The predicted octanol–water partition coefficient (Wildman–Crippen LogP) is 3.42. The summed E-state index contributed by atoms with van der Waals surface area (Å²) in [7, 11) is 0. The second-order valence-electron chi connectivity index (χ2n) is 4.65. The molecule has 1 heterocycles. The van der Waals surface area contributed by atoms with E-state index in [9.17, 15) is 4.39 Å². The van der Waals surface area contributed by atoms with E-state index in [2.05, 4.69) is 35.1 Å². The zero-order valence-corrected chi connectivity index (χ0v) is 11.6. The largest absolute Gasteiger partial charge is 0.369 e. The van der Waals surface area contributed by atoms with Crippen molar-refractivity contribution in [1.82, 2.24) is 5.32 Å². The average Bonchev–Trinajstić information content (AvgIpc) is 2.43. The van der Waals surface area contributed by atoms with Crippen LogP contribution in [0.1, 0.15) is 31.9 Å². The highest BCUT2D eigenvalue weighted by molar-refractivity contribution is 9.10. The van der Waals surface area contributed by atoms with Crippen LogP contribution in [0.3, 0.4) is 0 Å². The Balaban J connectivity index is 2.17. The van der Waals surface area contributed by atoms with Crippen molar-refractivity contribution in [3.8, 4) is 0 Å². The third-order valence-electron chi connectivity index (χ3n) is 3.05. The zero-order valence-electron chi connectivity index (χ0n) is 10.0. The molecule has 1 N–H and O–H groups in total. The summed E-state index contributed by atoms with van der Waals surface area (Å²) in [4.78, 5) is 0. The molecule has 94 valence electrons. The fourth-order valence-corrected chi connectivity index (χ4v) is 2.58. The molecule has 0 aromatic heterocycles. The molecule has 0 aliphatic carbocycles. The Bertz CT molecular complexity index is 399. The molecule has 0 amide bonds. The second kappa shape index (κ2) is 5.46. The number of hydrogen-bond acceptors (Lipinski definition) is 2. The van der Waals surface area contributed by atoms with Crippen LogP contribution in [-0.2, 0) is 4.74 Å². The summed E-state index contributed by atoms with van der Waals surface area (Å²) in [5, 5.41) is 3.42. The quantitative estimate of drug-likeness (QED) is 0.858. The van der Waals surface area contributed by atoms with Gasteiger partial charge in [0.25, 0.3) is 0 Å². The molecular formula is C13H17BrFNO. The van der Waals surface area contributed by atoms with Gasteiger partial charge < -0.3 is 10.1 Å². The Morgan fingerprint density at radius 1 is 1.41 bits per heavy atom. The van der Waals surface area contributed by atoms with Crippen LogP contribution >= 0.6 is 15.9 Å². The molecule has 1 saturated heterocycles.